The quantitative estimate of drug-likeness (QED) is 0.0215. The topological polar surface area (TPSA) is 189 Å². The van der Waals surface area contributed by atoms with Gasteiger partial charge in [0.2, 0.25) is 5.91 Å². The van der Waals surface area contributed by atoms with Gasteiger partial charge in [-0.05, 0) is 38.5 Å². The Kier molecular flexibility index (Phi) is 65.5. The summed E-state index contributed by atoms with van der Waals surface area (Å²) in [5, 5.41) is 76.7. The minimum Gasteiger partial charge on any atom is -0.394 e. The lowest BCUT2D eigenvalue weighted by Crippen LogP contribution is -2.60. The first-order valence-corrected chi connectivity index (χ1v) is 40.1. The molecule has 1 heterocycles. The van der Waals surface area contributed by atoms with Crippen LogP contribution < -0.4 is 5.32 Å². The number of carbonyl (C=O) groups is 1. The number of unbranched alkanes of at least 4 members (excludes halogenated alkanes) is 58. The Labute approximate surface area is 557 Å². The van der Waals surface area contributed by atoms with E-state index in [4.69, 9.17) is 9.47 Å². The second-order valence-electron chi connectivity index (χ2n) is 28.5. The van der Waals surface area contributed by atoms with E-state index < -0.39 is 74.2 Å². The van der Waals surface area contributed by atoms with Gasteiger partial charge in [0.15, 0.2) is 6.29 Å². The maximum absolute atomic E-state index is 13.3. The second-order valence-corrected chi connectivity index (χ2v) is 28.5. The number of hydrogen-bond acceptors (Lipinski definition) is 10. The van der Waals surface area contributed by atoms with Gasteiger partial charge < -0.3 is 50.5 Å². The van der Waals surface area contributed by atoms with Crippen LogP contribution in [0.1, 0.15) is 418 Å². The first-order valence-electron chi connectivity index (χ1n) is 40.1. The highest BCUT2D eigenvalue weighted by atomic mass is 16.7. The van der Waals surface area contributed by atoms with Crippen molar-refractivity contribution in [2.75, 3.05) is 13.2 Å². The van der Waals surface area contributed by atoms with E-state index in [2.05, 4.69) is 31.3 Å². The van der Waals surface area contributed by atoms with E-state index in [-0.39, 0.29) is 12.8 Å². The monoisotopic (exact) mass is 1280 g/mol. The molecule has 1 fully saturated rings. The molecule has 11 heteroatoms. The molecular formula is C79H155NO10. The molecule has 536 valence electrons. The van der Waals surface area contributed by atoms with E-state index in [9.17, 15) is 40.5 Å². The summed E-state index contributed by atoms with van der Waals surface area (Å²) in [6, 6.07) is -1.18. The van der Waals surface area contributed by atoms with Crippen LogP contribution in [0.4, 0.5) is 0 Å². The highest BCUT2D eigenvalue weighted by Gasteiger charge is 2.44. The van der Waals surface area contributed by atoms with Crippen LogP contribution in [0.3, 0.4) is 0 Å². The Bertz CT molecular complexity index is 1470. The van der Waals surface area contributed by atoms with Crippen LogP contribution in [0, 0.1) is 0 Å². The van der Waals surface area contributed by atoms with Gasteiger partial charge in [-0.1, -0.05) is 392 Å². The number of hydrogen-bond donors (Lipinski definition) is 8. The SMILES string of the molecule is CCCCCCCCCCCCCCCCCCCCCC/C=C/CCCC(O)C(O)C(COC1OC(CO)C(O)C(O)C1O)NC(=O)C(O)CCCCCCCCCCCCCCCCCCCCCCCCCCCCCCCCCCCCCCCC. The minimum atomic E-state index is -1.67. The molecule has 0 aromatic heterocycles. The lowest BCUT2D eigenvalue weighted by molar-refractivity contribution is -0.303. The van der Waals surface area contributed by atoms with Gasteiger partial charge in [-0.25, -0.2) is 0 Å². The van der Waals surface area contributed by atoms with Crippen molar-refractivity contribution < 1.29 is 50.0 Å². The van der Waals surface area contributed by atoms with Crippen molar-refractivity contribution in [3.05, 3.63) is 12.2 Å². The Morgan fingerprint density at radius 3 is 0.956 bits per heavy atom. The highest BCUT2D eigenvalue weighted by molar-refractivity contribution is 5.80. The van der Waals surface area contributed by atoms with Crippen LogP contribution in [0.15, 0.2) is 12.2 Å². The maximum Gasteiger partial charge on any atom is 0.249 e. The number of ether oxygens (including phenoxy) is 2. The fourth-order valence-corrected chi connectivity index (χ4v) is 13.5. The van der Waals surface area contributed by atoms with Crippen LogP contribution in [0.25, 0.3) is 0 Å². The summed E-state index contributed by atoms with van der Waals surface area (Å²) in [6.45, 7) is 3.52. The van der Waals surface area contributed by atoms with E-state index in [1.165, 1.54) is 340 Å². The fourth-order valence-electron chi connectivity index (χ4n) is 13.5. The normalized spacial score (nSPS) is 18.4. The molecule has 0 spiro atoms. The molecule has 1 rings (SSSR count). The fraction of sp³-hybridized carbons (Fsp3) is 0.962. The summed E-state index contributed by atoms with van der Waals surface area (Å²) in [6.07, 6.45) is 74.9. The standard InChI is InChI=1S/C79H155NO10/c1-3-5-7-9-11-13-15-17-19-21-23-25-27-29-30-31-32-33-34-35-36-37-38-39-40-41-43-45-47-49-51-53-55-57-59-61-63-65-67-72(83)78(88)80-70(69-89-79-77(87)76(86)75(85)73(68-81)90-79)74(84)71(82)66-64-62-60-58-56-54-52-50-48-46-44-42-28-26-24-22-20-18-16-14-12-10-8-6-4-2/h58,60,70-77,79,81-87H,3-57,59,61-69H2,1-2H3,(H,80,88)/b60-58+. The molecule has 0 aliphatic carbocycles. The average Bonchev–Trinajstić information content (AvgIpc) is 1.28. The molecule has 1 aliphatic rings. The third kappa shape index (κ3) is 54.0. The molecule has 1 aliphatic heterocycles. The molecule has 8 N–H and O–H groups in total. The van der Waals surface area contributed by atoms with Crippen LogP contribution in [0.2, 0.25) is 0 Å². The zero-order valence-electron chi connectivity index (χ0n) is 59.7. The molecule has 0 radical (unpaired) electrons. The molecule has 0 bridgehead atoms. The van der Waals surface area contributed by atoms with Gasteiger partial charge >= 0.3 is 0 Å². The van der Waals surface area contributed by atoms with E-state index in [1.54, 1.807) is 0 Å². The van der Waals surface area contributed by atoms with Gasteiger partial charge in [0.1, 0.15) is 36.6 Å². The van der Waals surface area contributed by atoms with Crippen molar-refractivity contribution in [1.29, 1.82) is 0 Å². The Hall–Kier alpha value is -1.15. The van der Waals surface area contributed by atoms with E-state index in [1.807, 2.05) is 0 Å². The summed E-state index contributed by atoms with van der Waals surface area (Å²) >= 11 is 0. The molecule has 1 amide bonds. The van der Waals surface area contributed by atoms with Crippen molar-refractivity contribution in [1.82, 2.24) is 5.32 Å². The largest absolute Gasteiger partial charge is 0.394 e. The molecule has 11 nitrogen and oxygen atoms in total. The van der Waals surface area contributed by atoms with Crippen LogP contribution in [-0.4, -0.2) is 110 Å². The predicted molar refractivity (Wildman–Crippen MR) is 381 cm³/mol. The Morgan fingerprint density at radius 2 is 0.656 bits per heavy atom. The molecule has 0 aromatic rings. The smallest absolute Gasteiger partial charge is 0.249 e. The second kappa shape index (κ2) is 67.8. The molecule has 9 unspecified atom stereocenters. The third-order valence-corrected chi connectivity index (χ3v) is 19.8. The summed E-state index contributed by atoms with van der Waals surface area (Å²) in [5.41, 5.74) is 0. The summed E-state index contributed by atoms with van der Waals surface area (Å²) in [7, 11) is 0. The number of amides is 1. The van der Waals surface area contributed by atoms with Crippen LogP contribution >= 0.6 is 0 Å². The van der Waals surface area contributed by atoms with Gasteiger partial charge in [-0.15, -0.1) is 0 Å². The molecule has 90 heavy (non-hydrogen) atoms. The molecule has 0 aromatic carbocycles. The van der Waals surface area contributed by atoms with E-state index in [0.717, 1.165) is 38.5 Å². The molecule has 0 saturated carbocycles. The van der Waals surface area contributed by atoms with Crippen molar-refractivity contribution in [2.24, 2.45) is 0 Å². The van der Waals surface area contributed by atoms with E-state index >= 15 is 0 Å². The number of allylic oxidation sites excluding steroid dienone is 2. The van der Waals surface area contributed by atoms with Gasteiger partial charge in [0.25, 0.3) is 0 Å². The van der Waals surface area contributed by atoms with Gasteiger partial charge in [0.05, 0.1) is 25.4 Å². The average molecular weight is 1280 g/mol. The third-order valence-electron chi connectivity index (χ3n) is 19.8. The number of carbonyl (C=O) groups excluding carboxylic acids is 1. The maximum atomic E-state index is 13.3. The van der Waals surface area contributed by atoms with E-state index in [0.29, 0.717) is 12.8 Å². The summed E-state index contributed by atoms with van der Waals surface area (Å²) in [4.78, 5) is 13.3. The van der Waals surface area contributed by atoms with Crippen molar-refractivity contribution in [3.8, 4) is 0 Å². The lowest BCUT2D eigenvalue weighted by Gasteiger charge is -2.40. The Balaban J connectivity index is 2.11. The van der Waals surface area contributed by atoms with Crippen LogP contribution in [0.5, 0.6) is 0 Å². The van der Waals surface area contributed by atoms with Gasteiger partial charge in [-0.3, -0.25) is 4.79 Å². The zero-order valence-corrected chi connectivity index (χ0v) is 59.7. The molecular weight excluding hydrogens is 1120 g/mol. The van der Waals surface area contributed by atoms with Crippen molar-refractivity contribution in [3.63, 3.8) is 0 Å². The number of nitrogens with one attached hydrogen (secondary N) is 1. The summed E-state index contributed by atoms with van der Waals surface area (Å²) in [5.74, 6) is -0.696. The highest BCUT2D eigenvalue weighted by Crippen LogP contribution is 2.25. The van der Waals surface area contributed by atoms with Crippen molar-refractivity contribution in [2.45, 2.75) is 473 Å². The minimum absolute atomic E-state index is 0.260. The van der Waals surface area contributed by atoms with Crippen LogP contribution in [-0.2, 0) is 14.3 Å². The molecule has 1 saturated heterocycles. The van der Waals surface area contributed by atoms with Gasteiger partial charge in [-0.2, -0.15) is 0 Å². The Morgan fingerprint density at radius 1 is 0.378 bits per heavy atom. The molecule has 9 atom stereocenters. The summed E-state index contributed by atoms with van der Waals surface area (Å²) < 4.78 is 11.2. The number of aliphatic hydroxyl groups is 7. The van der Waals surface area contributed by atoms with Crippen molar-refractivity contribution >= 4 is 5.91 Å². The first-order chi connectivity index (χ1) is 44.2. The predicted octanol–water partition coefficient (Wildman–Crippen LogP) is 20.5. The zero-order chi connectivity index (χ0) is 65.3. The van der Waals surface area contributed by atoms with Gasteiger partial charge in [0, 0.05) is 0 Å². The number of rotatable bonds is 72. The lowest BCUT2D eigenvalue weighted by atomic mass is 9.98. The first kappa shape index (κ1) is 86.9. The number of aliphatic hydroxyl groups excluding tert-OH is 7.